The lowest BCUT2D eigenvalue weighted by molar-refractivity contribution is -0.905. The van der Waals surface area contributed by atoms with E-state index in [2.05, 4.69) is 28.8 Å². The summed E-state index contributed by atoms with van der Waals surface area (Å²) in [6.45, 7) is 0.399. The average molecular weight is 382 g/mol. The predicted molar refractivity (Wildman–Crippen MR) is 104 cm³/mol. The monoisotopic (exact) mass is 382 g/mol. The highest BCUT2D eigenvalue weighted by Crippen LogP contribution is 2.34. The van der Waals surface area contributed by atoms with Gasteiger partial charge in [0.25, 0.3) is 5.91 Å². The van der Waals surface area contributed by atoms with Crippen LogP contribution in [0.15, 0.2) is 42.5 Å². The highest BCUT2D eigenvalue weighted by Gasteiger charge is 2.28. The molecule has 2 atom stereocenters. The van der Waals surface area contributed by atoms with Gasteiger partial charge in [-0.1, -0.05) is 24.3 Å². The van der Waals surface area contributed by atoms with Gasteiger partial charge in [-0.15, -0.1) is 0 Å². The van der Waals surface area contributed by atoms with Gasteiger partial charge in [-0.05, 0) is 30.5 Å². The highest BCUT2D eigenvalue weighted by molar-refractivity contribution is 6.01. The van der Waals surface area contributed by atoms with Gasteiger partial charge in [0.1, 0.15) is 6.04 Å². The van der Waals surface area contributed by atoms with Gasteiger partial charge in [0.2, 0.25) is 6.79 Å². The minimum absolute atomic E-state index is 0.170. The van der Waals surface area contributed by atoms with Crippen LogP contribution in [0.1, 0.15) is 30.0 Å². The Hall–Kier alpha value is -3.06. The van der Waals surface area contributed by atoms with Gasteiger partial charge >= 0.3 is 6.03 Å². The number of imide groups is 1. The molecular formula is C21H24N3O4+. The number of rotatable bonds is 4. The number of amides is 3. The van der Waals surface area contributed by atoms with Crippen LogP contribution in [0.3, 0.4) is 0 Å². The van der Waals surface area contributed by atoms with Crippen molar-refractivity contribution in [3.8, 4) is 11.5 Å². The number of hydrogen-bond acceptors (Lipinski definition) is 4. The summed E-state index contributed by atoms with van der Waals surface area (Å²) in [6.07, 6.45) is 3.24. The molecule has 0 fully saturated rings. The van der Waals surface area contributed by atoms with Crippen molar-refractivity contribution in [1.29, 1.82) is 0 Å². The summed E-state index contributed by atoms with van der Waals surface area (Å²) in [5.41, 5.74) is 3.21. The number of ether oxygens (including phenoxy) is 2. The number of urea groups is 1. The molecule has 2 aromatic rings. The van der Waals surface area contributed by atoms with Crippen LogP contribution in [-0.2, 0) is 11.2 Å². The van der Waals surface area contributed by atoms with Crippen LogP contribution in [-0.4, -0.2) is 32.3 Å². The Morgan fingerprint density at radius 1 is 1.14 bits per heavy atom. The van der Waals surface area contributed by atoms with Crippen LogP contribution in [0, 0.1) is 0 Å². The number of likely N-dealkylation sites (N-methyl/N-ethyl adjacent to an activating group) is 1. The smallest absolute Gasteiger partial charge is 0.326 e. The maximum absolute atomic E-state index is 12.4. The molecule has 0 aromatic heterocycles. The molecule has 146 valence electrons. The first-order chi connectivity index (χ1) is 13.6. The molecule has 3 N–H and O–H groups in total. The molecule has 1 aliphatic heterocycles. The lowest BCUT2D eigenvalue weighted by Gasteiger charge is -2.30. The van der Waals surface area contributed by atoms with Gasteiger partial charge in [-0.25, -0.2) is 4.79 Å². The molecule has 0 saturated heterocycles. The number of aryl methyl sites for hydroxylation is 1. The molecule has 0 radical (unpaired) electrons. The Bertz CT molecular complexity index is 899. The number of carbonyl (C=O) groups is 2. The SMILES string of the molecule is C[NH+](CC(=O)NC(=O)Nc1ccc2c(c1)OCO2)[C@@H]1CCCc2ccccc21. The van der Waals surface area contributed by atoms with Gasteiger partial charge in [0, 0.05) is 23.7 Å². The van der Waals surface area contributed by atoms with Crippen molar-refractivity contribution in [3.63, 3.8) is 0 Å². The third kappa shape index (κ3) is 3.94. The molecular weight excluding hydrogens is 358 g/mol. The third-order valence-corrected chi connectivity index (χ3v) is 5.29. The van der Waals surface area contributed by atoms with Gasteiger partial charge in [0.15, 0.2) is 18.0 Å². The van der Waals surface area contributed by atoms with E-state index in [1.165, 1.54) is 11.1 Å². The first-order valence-electron chi connectivity index (χ1n) is 9.51. The van der Waals surface area contributed by atoms with E-state index in [-0.39, 0.29) is 25.3 Å². The number of benzene rings is 2. The minimum atomic E-state index is -0.555. The van der Waals surface area contributed by atoms with Crippen LogP contribution in [0.5, 0.6) is 11.5 Å². The summed E-state index contributed by atoms with van der Waals surface area (Å²) in [5.74, 6) is 0.906. The molecule has 2 aliphatic rings. The first-order valence-corrected chi connectivity index (χ1v) is 9.51. The Morgan fingerprint density at radius 2 is 1.96 bits per heavy atom. The molecule has 3 amide bonds. The Labute approximate surface area is 163 Å². The first kappa shape index (κ1) is 18.3. The molecule has 0 bridgehead atoms. The van der Waals surface area contributed by atoms with Crippen molar-refractivity contribution in [3.05, 3.63) is 53.6 Å². The zero-order chi connectivity index (χ0) is 19.5. The van der Waals surface area contributed by atoms with E-state index in [1.54, 1.807) is 18.2 Å². The van der Waals surface area contributed by atoms with E-state index >= 15 is 0 Å². The fraction of sp³-hybridized carbons (Fsp3) is 0.333. The van der Waals surface area contributed by atoms with E-state index in [4.69, 9.17) is 9.47 Å². The molecule has 0 saturated carbocycles. The number of carbonyl (C=O) groups excluding carboxylic acids is 2. The molecule has 1 aliphatic carbocycles. The Morgan fingerprint density at radius 3 is 2.86 bits per heavy atom. The number of hydrogen-bond donors (Lipinski definition) is 3. The van der Waals surface area contributed by atoms with Crippen molar-refractivity contribution in [2.24, 2.45) is 0 Å². The second-order valence-corrected chi connectivity index (χ2v) is 7.24. The summed E-state index contributed by atoms with van der Waals surface area (Å²) in [7, 11) is 2.00. The van der Waals surface area contributed by atoms with Gasteiger partial charge < -0.3 is 19.7 Å². The maximum Gasteiger partial charge on any atom is 0.326 e. The van der Waals surface area contributed by atoms with Crippen LogP contribution < -0.4 is 25.0 Å². The zero-order valence-electron chi connectivity index (χ0n) is 15.8. The summed E-state index contributed by atoms with van der Waals surface area (Å²) in [4.78, 5) is 25.6. The normalized spacial score (nSPS) is 18.1. The third-order valence-electron chi connectivity index (χ3n) is 5.29. The molecule has 28 heavy (non-hydrogen) atoms. The molecule has 2 aromatic carbocycles. The fourth-order valence-corrected chi connectivity index (χ4v) is 3.95. The Kier molecular flexibility index (Phi) is 5.16. The predicted octanol–water partition coefficient (Wildman–Crippen LogP) is 1.66. The van der Waals surface area contributed by atoms with Gasteiger partial charge in [-0.2, -0.15) is 0 Å². The van der Waals surface area contributed by atoms with E-state index in [0.29, 0.717) is 17.2 Å². The molecule has 7 heteroatoms. The van der Waals surface area contributed by atoms with Crippen LogP contribution in [0.2, 0.25) is 0 Å². The van der Waals surface area contributed by atoms with Gasteiger partial charge in [0.05, 0.1) is 7.05 Å². The quantitative estimate of drug-likeness (QED) is 0.751. The van der Waals surface area contributed by atoms with Crippen LogP contribution >= 0.6 is 0 Å². The zero-order valence-corrected chi connectivity index (χ0v) is 15.8. The molecule has 1 heterocycles. The average Bonchev–Trinajstić information content (AvgIpc) is 3.15. The summed E-state index contributed by atoms with van der Waals surface area (Å²) in [6, 6.07) is 13.2. The number of quaternary nitrogens is 1. The van der Waals surface area contributed by atoms with E-state index < -0.39 is 6.03 Å². The van der Waals surface area contributed by atoms with Crippen molar-refractivity contribution < 1.29 is 24.0 Å². The second-order valence-electron chi connectivity index (χ2n) is 7.24. The standard InChI is InChI=1S/C21H23N3O4/c1-24(17-8-4-6-14-5-2-3-7-16(14)17)12-20(25)23-21(26)22-15-9-10-18-19(11-15)28-13-27-18/h2-3,5,7,9-11,17H,4,6,8,12-13H2,1H3,(H2,22,23,25,26)/p+1/t17-/m1/s1. The Balaban J connectivity index is 1.32. The largest absolute Gasteiger partial charge is 0.454 e. The summed E-state index contributed by atoms with van der Waals surface area (Å²) in [5, 5.41) is 5.06. The van der Waals surface area contributed by atoms with Crippen molar-refractivity contribution in [2.45, 2.75) is 25.3 Å². The summed E-state index contributed by atoms with van der Waals surface area (Å²) < 4.78 is 10.5. The lowest BCUT2D eigenvalue weighted by Crippen LogP contribution is -3.10. The van der Waals surface area contributed by atoms with Gasteiger partial charge in [-0.3, -0.25) is 10.1 Å². The molecule has 4 rings (SSSR count). The molecule has 0 spiro atoms. The van der Waals surface area contributed by atoms with Crippen LogP contribution in [0.4, 0.5) is 10.5 Å². The van der Waals surface area contributed by atoms with E-state index in [0.717, 1.165) is 24.2 Å². The summed E-state index contributed by atoms with van der Waals surface area (Å²) >= 11 is 0. The number of nitrogens with one attached hydrogen (secondary N) is 3. The fourth-order valence-electron chi connectivity index (χ4n) is 3.95. The van der Waals surface area contributed by atoms with Crippen molar-refractivity contribution in [1.82, 2.24) is 5.32 Å². The highest BCUT2D eigenvalue weighted by atomic mass is 16.7. The van der Waals surface area contributed by atoms with Crippen molar-refractivity contribution in [2.75, 3.05) is 25.7 Å². The van der Waals surface area contributed by atoms with Crippen molar-refractivity contribution >= 4 is 17.6 Å². The number of fused-ring (bicyclic) bond motifs is 2. The number of anilines is 1. The van der Waals surface area contributed by atoms with E-state index in [1.807, 2.05) is 13.1 Å². The molecule has 7 nitrogen and oxygen atoms in total. The second kappa shape index (κ2) is 7.90. The molecule has 1 unspecified atom stereocenters. The maximum atomic E-state index is 12.4. The van der Waals surface area contributed by atoms with Crippen LogP contribution in [0.25, 0.3) is 0 Å². The topological polar surface area (TPSA) is 81.1 Å². The minimum Gasteiger partial charge on any atom is -0.454 e. The van der Waals surface area contributed by atoms with E-state index in [9.17, 15) is 9.59 Å². The lowest BCUT2D eigenvalue weighted by atomic mass is 9.87.